The number of rotatable bonds is 4. The number of nitrogens with two attached hydrogens (primary N) is 1. The second-order valence-corrected chi connectivity index (χ2v) is 8.41. The Morgan fingerprint density at radius 3 is 1.82 bits per heavy atom. The third kappa shape index (κ3) is 4.01. The van der Waals surface area contributed by atoms with E-state index in [0.29, 0.717) is 27.3 Å². The van der Waals surface area contributed by atoms with Crippen molar-refractivity contribution in [3.05, 3.63) is 71.3 Å². The predicted molar refractivity (Wildman–Crippen MR) is 108 cm³/mol. The van der Waals surface area contributed by atoms with Crippen LogP contribution in [0.5, 0.6) is 0 Å². The number of nitrogens with zero attached hydrogens (tertiary/aromatic N) is 1. The quantitative estimate of drug-likeness (QED) is 0.664. The molecular formula is C20H17ClF2N2O2S. The van der Waals surface area contributed by atoms with Crippen LogP contribution >= 0.6 is 11.6 Å². The maximum atomic E-state index is 14.0. The third-order valence-corrected chi connectivity index (χ3v) is 5.53. The highest BCUT2D eigenvalue weighted by Crippen LogP contribution is 2.37. The molecule has 0 bridgehead atoms. The molecule has 0 aliphatic rings. The maximum Gasteiger partial charge on any atom is 0.238 e. The molecule has 0 fully saturated rings. The first-order valence-corrected chi connectivity index (χ1v) is 10.1. The van der Waals surface area contributed by atoms with E-state index in [1.165, 1.54) is 24.3 Å². The van der Waals surface area contributed by atoms with Crippen molar-refractivity contribution in [2.45, 2.75) is 4.90 Å². The van der Waals surface area contributed by atoms with E-state index in [-0.39, 0.29) is 4.90 Å². The lowest BCUT2D eigenvalue weighted by Gasteiger charge is -2.17. The van der Waals surface area contributed by atoms with E-state index in [9.17, 15) is 17.2 Å². The molecule has 0 heterocycles. The van der Waals surface area contributed by atoms with Crippen molar-refractivity contribution in [1.29, 1.82) is 0 Å². The van der Waals surface area contributed by atoms with Gasteiger partial charge < -0.3 is 4.90 Å². The number of halogens is 3. The summed E-state index contributed by atoms with van der Waals surface area (Å²) in [6, 6.07) is 13.0. The molecule has 0 amide bonds. The Labute approximate surface area is 167 Å². The van der Waals surface area contributed by atoms with Gasteiger partial charge in [-0.1, -0.05) is 29.8 Å². The summed E-state index contributed by atoms with van der Waals surface area (Å²) in [4.78, 5) is 1.77. The van der Waals surface area contributed by atoms with E-state index < -0.39 is 21.7 Å². The van der Waals surface area contributed by atoms with Crippen molar-refractivity contribution in [2.75, 3.05) is 19.0 Å². The van der Waals surface area contributed by atoms with E-state index in [2.05, 4.69) is 0 Å². The number of benzene rings is 3. The number of hydrogen-bond acceptors (Lipinski definition) is 3. The number of sulfonamides is 1. The molecule has 3 rings (SSSR count). The van der Waals surface area contributed by atoms with E-state index in [1.807, 2.05) is 19.0 Å². The summed E-state index contributed by atoms with van der Waals surface area (Å²) in [5.74, 6) is -2.00. The highest BCUT2D eigenvalue weighted by molar-refractivity contribution is 7.89. The summed E-state index contributed by atoms with van der Waals surface area (Å²) >= 11 is 6.32. The molecule has 0 unspecified atom stereocenters. The van der Waals surface area contributed by atoms with Gasteiger partial charge in [0.05, 0.1) is 15.6 Å². The maximum absolute atomic E-state index is 14.0. The zero-order chi connectivity index (χ0) is 20.6. The van der Waals surface area contributed by atoms with Gasteiger partial charge in [0, 0.05) is 14.1 Å². The van der Waals surface area contributed by atoms with Crippen LogP contribution in [0.1, 0.15) is 0 Å². The van der Waals surface area contributed by atoms with Crippen molar-refractivity contribution in [2.24, 2.45) is 5.14 Å². The minimum Gasteiger partial charge on any atom is -0.376 e. The molecule has 0 radical (unpaired) electrons. The van der Waals surface area contributed by atoms with Crippen LogP contribution < -0.4 is 10.0 Å². The minimum atomic E-state index is -3.85. The summed E-state index contributed by atoms with van der Waals surface area (Å²) in [7, 11) is -0.165. The first-order chi connectivity index (χ1) is 13.1. The lowest BCUT2D eigenvalue weighted by molar-refractivity contribution is 0.509. The third-order valence-electron chi connectivity index (χ3n) is 4.29. The van der Waals surface area contributed by atoms with Crippen LogP contribution in [0.3, 0.4) is 0 Å². The highest BCUT2D eigenvalue weighted by Gasteiger charge is 2.16. The van der Waals surface area contributed by atoms with Gasteiger partial charge in [-0.25, -0.2) is 22.3 Å². The van der Waals surface area contributed by atoms with Gasteiger partial charge in [-0.2, -0.15) is 0 Å². The van der Waals surface area contributed by atoms with Gasteiger partial charge in [-0.05, 0) is 58.7 Å². The largest absolute Gasteiger partial charge is 0.376 e. The summed E-state index contributed by atoms with van der Waals surface area (Å²) in [6.07, 6.45) is 0. The van der Waals surface area contributed by atoms with Crippen molar-refractivity contribution in [3.8, 4) is 22.3 Å². The summed E-state index contributed by atoms with van der Waals surface area (Å²) in [6.45, 7) is 0. The molecule has 0 aliphatic carbocycles. The summed E-state index contributed by atoms with van der Waals surface area (Å²) in [5, 5.41) is 5.57. The Kier molecular flexibility index (Phi) is 5.43. The monoisotopic (exact) mass is 422 g/mol. The average Bonchev–Trinajstić information content (AvgIpc) is 2.62. The van der Waals surface area contributed by atoms with Gasteiger partial charge >= 0.3 is 0 Å². The Hall–Kier alpha value is -2.48. The Morgan fingerprint density at radius 1 is 0.857 bits per heavy atom. The van der Waals surface area contributed by atoms with Crippen LogP contribution in [-0.4, -0.2) is 22.5 Å². The van der Waals surface area contributed by atoms with Crippen molar-refractivity contribution < 1.29 is 17.2 Å². The second-order valence-electron chi connectivity index (χ2n) is 6.44. The topological polar surface area (TPSA) is 63.4 Å². The lowest BCUT2D eigenvalue weighted by atomic mass is 9.94. The fourth-order valence-electron chi connectivity index (χ4n) is 2.89. The first-order valence-electron chi connectivity index (χ1n) is 8.17. The fraction of sp³-hybridized carbons (Fsp3) is 0.100. The Balaban J connectivity index is 2.18. The van der Waals surface area contributed by atoms with Crippen molar-refractivity contribution in [1.82, 2.24) is 0 Å². The highest BCUT2D eigenvalue weighted by atomic mass is 35.5. The van der Waals surface area contributed by atoms with E-state index in [0.717, 1.165) is 17.8 Å². The molecule has 0 aromatic heterocycles. The molecule has 0 aliphatic heterocycles. The first kappa shape index (κ1) is 20.3. The zero-order valence-corrected chi connectivity index (χ0v) is 16.7. The van der Waals surface area contributed by atoms with Crippen molar-refractivity contribution >= 4 is 27.3 Å². The molecule has 0 saturated carbocycles. The van der Waals surface area contributed by atoms with E-state index >= 15 is 0 Å². The van der Waals surface area contributed by atoms with Crippen molar-refractivity contribution in [3.63, 3.8) is 0 Å². The summed E-state index contributed by atoms with van der Waals surface area (Å²) in [5.41, 5.74) is 2.71. The fourth-order valence-corrected chi connectivity index (χ4v) is 3.75. The molecule has 4 nitrogen and oxygen atoms in total. The Bertz CT molecular complexity index is 1150. The predicted octanol–water partition coefficient (Wildman–Crippen LogP) is 4.67. The summed E-state index contributed by atoms with van der Waals surface area (Å²) < 4.78 is 50.8. The van der Waals surface area contributed by atoms with E-state index in [1.54, 1.807) is 18.2 Å². The zero-order valence-electron chi connectivity index (χ0n) is 15.1. The number of hydrogen-bond donors (Lipinski definition) is 1. The van der Waals surface area contributed by atoms with Crippen LogP contribution in [0.25, 0.3) is 22.3 Å². The molecular weight excluding hydrogens is 406 g/mol. The SMILES string of the molecule is CN(C)c1ccc(-c2cc(F)c(F)cc2-c2ccc(S(N)(=O)=O)cc2)cc1Cl. The molecule has 0 saturated heterocycles. The number of primary sulfonamides is 1. The van der Waals surface area contributed by atoms with E-state index in [4.69, 9.17) is 16.7 Å². The van der Waals surface area contributed by atoms with Gasteiger partial charge in [-0.3, -0.25) is 0 Å². The molecule has 0 atom stereocenters. The number of anilines is 1. The van der Waals surface area contributed by atoms with Gasteiger partial charge in [0.25, 0.3) is 0 Å². The van der Waals surface area contributed by atoms with Crippen LogP contribution in [0, 0.1) is 11.6 Å². The normalized spacial score (nSPS) is 11.5. The Morgan fingerprint density at radius 2 is 1.36 bits per heavy atom. The van der Waals surface area contributed by atoms with Crippen LogP contribution in [0.4, 0.5) is 14.5 Å². The van der Waals surface area contributed by atoms with Gasteiger partial charge in [0.15, 0.2) is 11.6 Å². The molecule has 2 N–H and O–H groups in total. The standard InChI is InChI=1S/C20H17ClF2N2O2S/c1-25(2)20-8-5-13(9-17(20)21)16-11-19(23)18(22)10-15(16)12-3-6-14(7-4-12)28(24,26)27/h3-11H,1-2H3,(H2,24,26,27). The lowest BCUT2D eigenvalue weighted by Crippen LogP contribution is -2.11. The molecule has 0 spiro atoms. The smallest absolute Gasteiger partial charge is 0.238 e. The molecule has 3 aromatic carbocycles. The molecule has 146 valence electrons. The van der Waals surface area contributed by atoms with Gasteiger partial charge in [0.1, 0.15) is 0 Å². The molecule has 8 heteroatoms. The van der Waals surface area contributed by atoms with Crippen LogP contribution in [0.2, 0.25) is 5.02 Å². The minimum absolute atomic E-state index is 0.0706. The van der Waals surface area contributed by atoms with Crippen LogP contribution in [-0.2, 0) is 10.0 Å². The molecule has 28 heavy (non-hydrogen) atoms. The average molecular weight is 423 g/mol. The molecule has 3 aromatic rings. The van der Waals surface area contributed by atoms with Gasteiger partial charge in [-0.15, -0.1) is 0 Å². The van der Waals surface area contributed by atoms with Gasteiger partial charge in [0.2, 0.25) is 10.0 Å². The van der Waals surface area contributed by atoms with Crippen LogP contribution in [0.15, 0.2) is 59.5 Å². The second kappa shape index (κ2) is 7.50.